The number of aryl methyl sites for hydroxylation is 2. The van der Waals surface area contributed by atoms with Crippen molar-refractivity contribution in [2.75, 3.05) is 7.11 Å². The van der Waals surface area contributed by atoms with Crippen LogP contribution in [0.2, 0.25) is 0 Å². The SMILES string of the molecule is CCn1c(=O)n(CCCC(=O)OC)c2ccccc21. The van der Waals surface area contributed by atoms with Crippen LogP contribution in [0.5, 0.6) is 0 Å². The minimum atomic E-state index is -0.243. The van der Waals surface area contributed by atoms with E-state index in [0.29, 0.717) is 25.9 Å². The molecule has 5 nitrogen and oxygen atoms in total. The molecule has 0 saturated heterocycles. The second kappa shape index (κ2) is 5.73. The molecule has 0 radical (unpaired) electrons. The van der Waals surface area contributed by atoms with Crippen LogP contribution >= 0.6 is 0 Å². The molecule has 0 aliphatic heterocycles. The van der Waals surface area contributed by atoms with Gasteiger partial charge >= 0.3 is 11.7 Å². The number of para-hydroxylation sites is 2. The Kier molecular flexibility index (Phi) is 4.04. The fourth-order valence-corrected chi connectivity index (χ4v) is 2.28. The van der Waals surface area contributed by atoms with Crippen LogP contribution in [0.25, 0.3) is 11.0 Å². The van der Waals surface area contributed by atoms with Gasteiger partial charge in [0.25, 0.3) is 0 Å². The first kappa shape index (κ1) is 13.4. The second-order valence-electron chi connectivity index (χ2n) is 4.35. The van der Waals surface area contributed by atoms with E-state index in [-0.39, 0.29) is 11.7 Å². The maximum absolute atomic E-state index is 12.3. The Bertz CT molecular complexity index is 640. The number of methoxy groups -OCH3 is 1. The first-order valence-corrected chi connectivity index (χ1v) is 6.44. The number of hydrogen-bond acceptors (Lipinski definition) is 3. The number of rotatable bonds is 5. The molecule has 2 rings (SSSR count). The van der Waals surface area contributed by atoms with E-state index in [4.69, 9.17) is 0 Å². The van der Waals surface area contributed by atoms with E-state index in [1.807, 2.05) is 31.2 Å². The highest BCUT2D eigenvalue weighted by Crippen LogP contribution is 2.13. The van der Waals surface area contributed by atoms with Gasteiger partial charge in [0, 0.05) is 19.5 Å². The summed E-state index contributed by atoms with van der Waals surface area (Å²) in [5.74, 6) is -0.243. The Morgan fingerprint density at radius 3 is 2.42 bits per heavy atom. The van der Waals surface area contributed by atoms with Gasteiger partial charge < -0.3 is 4.74 Å². The zero-order valence-electron chi connectivity index (χ0n) is 11.3. The molecule has 102 valence electrons. The van der Waals surface area contributed by atoms with Crippen LogP contribution in [0, 0.1) is 0 Å². The van der Waals surface area contributed by atoms with Crippen molar-refractivity contribution in [3.8, 4) is 0 Å². The van der Waals surface area contributed by atoms with Gasteiger partial charge in [-0.25, -0.2) is 4.79 Å². The summed E-state index contributed by atoms with van der Waals surface area (Å²) in [6.07, 6.45) is 0.929. The fraction of sp³-hybridized carbons (Fsp3) is 0.429. The average molecular weight is 262 g/mol. The Morgan fingerprint density at radius 1 is 1.21 bits per heavy atom. The molecule has 19 heavy (non-hydrogen) atoms. The van der Waals surface area contributed by atoms with E-state index in [1.54, 1.807) is 9.13 Å². The molecule has 0 aliphatic rings. The van der Waals surface area contributed by atoms with Gasteiger partial charge in [0.05, 0.1) is 18.1 Å². The van der Waals surface area contributed by atoms with Crippen LogP contribution in [0.4, 0.5) is 0 Å². The molecule has 0 atom stereocenters. The molecule has 1 aromatic carbocycles. The molecular formula is C14H18N2O3. The number of carbonyl (C=O) groups excluding carboxylic acids is 1. The number of esters is 1. The predicted octanol–water partition coefficient (Wildman–Crippen LogP) is 1.78. The van der Waals surface area contributed by atoms with Crippen molar-refractivity contribution in [3.63, 3.8) is 0 Å². The highest BCUT2D eigenvalue weighted by atomic mass is 16.5. The quantitative estimate of drug-likeness (QED) is 0.772. The topological polar surface area (TPSA) is 53.2 Å². The number of carbonyl (C=O) groups is 1. The molecule has 0 amide bonds. The van der Waals surface area contributed by atoms with Crippen molar-refractivity contribution in [1.29, 1.82) is 0 Å². The van der Waals surface area contributed by atoms with Crippen LogP contribution in [0.3, 0.4) is 0 Å². The van der Waals surface area contributed by atoms with Gasteiger partial charge in [-0.2, -0.15) is 0 Å². The molecule has 5 heteroatoms. The molecule has 0 aliphatic carbocycles. The van der Waals surface area contributed by atoms with Crippen LogP contribution < -0.4 is 5.69 Å². The van der Waals surface area contributed by atoms with Gasteiger partial charge in [-0.15, -0.1) is 0 Å². The molecule has 1 aromatic heterocycles. The predicted molar refractivity (Wildman–Crippen MR) is 73.1 cm³/mol. The first-order valence-electron chi connectivity index (χ1n) is 6.44. The van der Waals surface area contributed by atoms with Gasteiger partial charge in [-0.1, -0.05) is 12.1 Å². The monoisotopic (exact) mass is 262 g/mol. The molecule has 2 aromatic rings. The Labute approximate surface area is 111 Å². The average Bonchev–Trinajstić information content (AvgIpc) is 2.71. The van der Waals surface area contributed by atoms with E-state index in [0.717, 1.165) is 11.0 Å². The van der Waals surface area contributed by atoms with Crippen molar-refractivity contribution in [1.82, 2.24) is 9.13 Å². The number of nitrogens with zero attached hydrogens (tertiary/aromatic N) is 2. The summed E-state index contributed by atoms with van der Waals surface area (Å²) in [4.78, 5) is 23.4. The van der Waals surface area contributed by atoms with Gasteiger partial charge in [0.1, 0.15) is 0 Å². The van der Waals surface area contributed by atoms with Crippen molar-refractivity contribution in [3.05, 3.63) is 34.7 Å². The Balaban J connectivity index is 2.30. The van der Waals surface area contributed by atoms with Crippen LogP contribution in [-0.2, 0) is 22.6 Å². The number of imidazole rings is 1. The van der Waals surface area contributed by atoms with Crippen molar-refractivity contribution >= 4 is 17.0 Å². The summed E-state index contributed by atoms with van der Waals surface area (Å²) < 4.78 is 8.07. The first-order chi connectivity index (χ1) is 9.19. The third-order valence-electron chi connectivity index (χ3n) is 3.23. The maximum atomic E-state index is 12.3. The lowest BCUT2D eigenvalue weighted by Crippen LogP contribution is -2.24. The third kappa shape index (κ3) is 2.54. The molecule has 0 spiro atoms. The van der Waals surface area contributed by atoms with Crippen LogP contribution in [0.1, 0.15) is 19.8 Å². The minimum Gasteiger partial charge on any atom is -0.469 e. The molecular weight excluding hydrogens is 244 g/mol. The molecule has 0 N–H and O–H groups in total. The summed E-state index contributed by atoms with van der Waals surface area (Å²) in [7, 11) is 1.37. The zero-order valence-corrected chi connectivity index (χ0v) is 11.3. The highest BCUT2D eigenvalue weighted by molar-refractivity contribution is 5.76. The van der Waals surface area contributed by atoms with E-state index < -0.39 is 0 Å². The number of fused-ring (bicyclic) bond motifs is 1. The summed E-state index contributed by atoms with van der Waals surface area (Å²) in [5.41, 5.74) is 1.83. The van der Waals surface area contributed by atoms with E-state index >= 15 is 0 Å². The lowest BCUT2D eigenvalue weighted by atomic mass is 10.3. The highest BCUT2D eigenvalue weighted by Gasteiger charge is 2.11. The summed E-state index contributed by atoms with van der Waals surface area (Å²) in [6.45, 7) is 3.12. The minimum absolute atomic E-state index is 0.0198. The van der Waals surface area contributed by atoms with Gasteiger partial charge in [0.15, 0.2) is 0 Å². The summed E-state index contributed by atoms with van der Waals surface area (Å²) in [5, 5.41) is 0. The molecule has 0 unspecified atom stereocenters. The van der Waals surface area contributed by atoms with Crippen LogP contribution in [-0.4, -0.2) is 22.2 Å². The van der Waals surface area contributed by atoms with E-state index in [9.17, 15) is 9.59 Å². The number of hydrogen-bond donors (Lipinski definition) is 0. The smallest absolute Gasteiger partial charge is 0.329 e. The van der Waals surface area contributed by atoms with E-state index in [2.05, 4.69) is 4.74 Å². The lowest BCUT2D eigenvalue weighted by molar-refractivity contribution is -0.140. The van der Waals surface area contributed by atoms with Crippen molar-refractivity contribution in [2.45, 2.75) is 32.9 Å². The van der Waals surface area contributed by atoms with Gasteiger partial charge in [0.2, 0.25) is 0 Å². The normalized spacial score (nSPS) is 10.8. The number of ether oxygens (including phenoxy) is 1. The zero-order chi connectivity index (χ0) is 13.8. The van der Waals surface area contributed by atoms with Crippen molar-refractivity contribution < 1.29 is 9.53 Å². The van der Waals surface area contributed by atoms with E-state index in [1.165, 1.54) is 7.11 Å². The second-order valence-corrected chi connectivity index (χ2v) is 4.35. The molecule has 0 fully saturated rings. The van der Waals surface area contributed by atoms with Gasteiger partial charge in [-0.3, -0.25) is 13.9 Å². The largest absolute Gasteiger partial charge is 0.469 e. The molecule has 0 saturated carbocycles. The molecule has 1 heterocycles. The lowest BCUT2D eigenvalue weighted by Gasteiger charge is -2.02. The van der Waals surface area contributed by atoms with Crippen LogP contribution in [0.15, 0.2) is 29.1 Å². The molecule has 0 bridgehead atoms. The van der Waals surface area contributed by atoms with Crippen molar-refractivity contribution in [2.24, 2.45) is 0 Å². The summed E-state index contributed by atoms with van der Waals surface area (Å²) >= 11 is 0. The standard InChI is InChI=1S/C14H18N2O3/c1-3-15-11-7-4-5-8-12(11)16(14(15)18)10-6-9-13(17)19-2/h4-5,7-8H,3,6,9-10H2,1-2H3. The third-order valence-corrected chi connectivity index (χ3v) is 3.23. The Morgan fingerprint density at radius 2 is 1.84 bits per heavy atom. The summed E-state index contributed by atoms with van der Waals surface area (Å²) in [6, 6.07) is 7.71. The number of aromatic nitrogens is 2. The number of benzene rings is 1. The Hall–Kier alpha value is -2.04. The van der Waals surface area contributed by atoms with Gasteiger partial charge in [-0.05, 0) is 25.5 Å². The maximum Gasteiger partial charge on any atom is 0.329 e. The fourth-order valence-electron chi connectivity index (χ4n) is 2.28.